The molecule has 0 bridgehead atoms. The minimum Gasteiger partial charge on any atom is -0.481 e. The van der Waals surface area contributed by atoms with Gasteiger partial charge in [0, 0.05) is 12.6 Å². The van der Waals surface area contributed by atoms with Crippen molar-refractivity contribution in [3.63, 3.8) is 0 Å². The van der Waals surface area contributed by atoms with E-state index >= 15 is 0 Å². The highest BCUT2D eigenvalue weighted by molar-refractivity contribution is 7.91. The average Bonchev–Trinajstić information content (AvgIpc) is 3.11. The number of amides is 1. The molecule has 1 aliphatic rings. The van der Waals surface area contributed by atoms with E-state index in [1.807, 2.05) is 68.7 Å². The number of rotatable bonds is 9. The van der Waals surface area contributed by atoms with Crippen molar-refractivity contribution >= 4 is 15.7 Å². The van der Waals surface area contributed by atoms with Gasteiger partial charge in [0.1, 0.15) is 5.75 Å². The van der Waals surface area contributed by atoms with E-state index < -0.39 is 15.9 Å². The number of benzene rings is 2. The van der Waals surface area contributed by atoms with Gasteiger partial charge in [-0.1, -0.05) is 42.5 Å². The van der Waals surface area contributed by atoms with Crippen molar-refractivity contribution in [3.8, 4) is 16.9 Å². The molecule has 1 heterocycles. The van der Waals surface area contributed by atoms with E-state index in [0.717, 1.165) is 24.1 Å². The molecule has 7 heteroatoms. The fourth-order valence-corrected chi connectivity index (χ4v) is 5.63. The van der Waals surface area contributed by atoms with Gasteiger partial charge in [-0.3, -0.25) is 4.79 Å². The molecule has 2 atom stereocenters. The van der Waals surface area contributed by atoms with Crippen LogP contribution >= 0.6 is 0 Å². The Bertz CT molecular complexity index is 959. The zero-order chi connectivity index (χ0) is 22.4. The molecule has 0 aromatic heterocycles. The number of sulfone groups is 1. The lowest BCUT2D eigenvalue weighted by Crippen LogP contribution is -2.48. The number of hydrogen-bond donors (Lipinski definition) is 0. The van der Waals surface area contributed by atoms with Gasteiger partial charge in [-0.2, -0.15) is 0 Å². The number of carbonyl (C=O) groups is 1. The van der Waals surface area contributed by atoms with Crippen molar-refractivity contribution in [1.82, 2.24) is 9.80 Å². The van der Waals surface area contributed by atoms with Crippen LogP contribution in [0.4, 0.5) is 0 Å². The quantitative estimate of drug-likeness (QED) is 0.595. The van der Waals surface area contributed by atoms with Crippen LogP contribution in [-0.4, -0.2) is 75.0 Å². The minimum atomic E-state index is -3.08. The predicted octanol–water partition coefficient (Wildman–Crippen LogP) is 3.09. The number of ether oxygens (including phenoxy) is 1. The monoisotopic (exact) mass is 444 g/mol. The maximum absolute atomic E-state index is 13.2. The van der Waals surface area contributed by atoms with Crippen LogP contribution < -0.4 is 4.74 Å². The van der Waals surface area contributed by atoms with Gasteiger partial charge in [-0.05, 0) is 63.7 Å². The lowest BCUT2D eigenvalue weighted by Gasteiger charge is -2.31. The topological polar surface area (TPSA) is 66.9 Å². The number of hydrogen-bond acceptors (Lipinski definition) is 5. The molecule has 1 fully saturated rings. The van der Waals surface area contributed by atoms with Crippen LogP contribution in [0, 0.1) is 0 Å². The third-order valence-electron chi connectivity index (χ3n) is 5.56. The molecule has 1 saturated heterocycles. The largest absolute Gasteiger partial charge is 0.481 e. The van der Waals surface area contributed by atoms with E-state index in [9.17, 15) is 13.2 Å². The van der Waals surface area contributed by atoms with Gasteiger partial charge < -0.3 is 14.5 Å². The first-order chi connectivity index (χ1) is 14.7. The smallest absolute Gasteiger partial charge is 0.263 e. The molecule has 3 rings (SSSR count). The summed E-state index contributed by atoms with van der Waals surface area (Å²) in [5, 5.41) is 0. The van der Waals surface area contributed by atoms with Crippen LogP contribution in [0.5, 0.6) is 5.75 Å². The molecule has 1 amide bonds. The van der Waals surface area contributed by atoms with E-state index in [1.165, 1.54) is 0 Å². The molecule has 1 aliphatic heterocycles. The zero-order valence-electron chi connectivity index (χ0n) is 18.5. The lowest BCUT2D eigenvalue weighted by atomic mass is 10.1. The molecule has 2 aromatic carbocycles. The Morgan fingerprint density at radius 1 is 1.03 bits per heavy atom. The second kappa shape index (κ2) is 10.3. The van der Waals surface area contributed by atoms with Crippen molar-refractivity contribution in [3.05, 3.63) is 54.6 Å². The summed E-state index contributed by atoms with van der Waals surface area (Å²) in [7, 11) is 0.890. The summed E-state index contributed by atoms with van der Waals surface area (Å²) in [5.41, 5.74) is 2.20. The molecule has 0 radical (unpaired) electrons. The van der Waals surface area contributed by atoms with E-state index in [0.29, 0.717) is 18.7 Å². The third kappa shape index (κ3) is 6.55. The maximum Gasteiger partial charge on any atom is 0.263 e. The van der Waals surface area contributed by atoms with Crippen molar-refractivity contribution in [2.45, 2.75) is 31.9 Å². The third-order valence-corrected chi connectivity index (χ3v) is 7.31. The normalized spacial score (nSPS) is 18.6. The second-order valence-electron chi connectivity index (χ2n) is 8.40. The van der Waals surface area contributed by atoms with Crippen LogP contribution in [0.3, 0.4) is 0 Å². The maximum atomic E-state index is 13.2. The summed E-state index contributed by atoms with van der Waals surface area (Å²) in [6.07, 6.45) is 0.590. The minimum absolute atomic E-state index is 0.0409. The van der Waals surface area contributed by atoms with Crippen molar-refractivity contribution in [2.24, 2.45) is 0 Å². The van der Waals surface area contributed by atoms with Gasteiger partial charge in [-0.15, -0.1) is 0 Å². The van der Waals surface area contributed by atoms with E-state index in [4.69, 9.17) is 4.74 Å². The van der Waals surface area contributed by atoms with E-state index in [2.05, 4.69) is 4.90 Å². The molecular formula is C24H32N2O4S. The molecule has 0 spiro atoms. The summed E-state index contributed by atoms with van der Waals surface area (Å²) in [6, 6.07) is 17.5. The van der Waals surface area contributed by atoms with Gasteiger partial charge in [-0.25, -0.2) is 8.42 Å². The summed E-state index contributed by atoms with van der Waals surface area (Å²) >= 11 is 0. The molecule has 2 aromatic rings. The van der Waals surface area contributed by atoms with Gasteiger partial charge >= 0.3 is 0 Å². The zero-order valence-corrected chi connectivity index (χ0v) is 19.3. The predicted molar refractivity (Wildman–Crippen MR) is 124 cm³/mol. The highest BCUT2D eigenvalue weighted by Crippen LogP contribution is 2.24. The number of carbonyl (C=O) groups excluding carboxylic acids is 1. The molecule has 0 N–H and O–H groups in total. The highest BCUT2D eigenvalue weighted by atomic mass is 32.2. The molecule has 6 nitrogen and oxygen atoms in total. The lowest BCUT2D eigenvalue weighted by molar-refractivity contribution is -0.140. The summed E-state index contributed by atoms with van der Waals surface area (Å²) in [6.45, 7) is 3.09. The standard InChI is InChI=1S/C24H32N2O4S/c1-19(30-23-12-10-21(11-13-23)20-8-5-4-6-9-20)24(27)26(16-7-15-25(2)3)22-14-17-31(28,29)18-22/h4-6,8-13,19,22H,7,14-18H2,1-3H3. The first kappa shape index (κ1) is 23.3. The van der Waals surface area contributed by atoms with Gasteiger partial charge in [0.05, 0.1) is 11.5 Å². The summed E-state index contributed by atoms with van der Waals surface area (Å²) in [5.74, 6) is 0.644. The molecular weight excluding hydrogens is 412 g/mol. The Kier molecular flexibility index (Phi) is 7.73. The summed E-state index contributed by atoms with van der Waals surface area (Å²) < 4.78 is 29.9. The SMILES string of the molecule is CC(Oc1ccc(-c2ccccc2)cc1)C(=O)N(CCCN(C)C)C1CCS(=O)(=O)C1. The Labute approximate surface area is 185 Å². The number of nitrogens with zero attached hydrogens (tertiary/aromatic N) is 2. The van der Waals surface area contributed by atoms with Crippen LogP contribution in [0.25, 0.3) is 11.1 Å². The van der Waals surface area contributed by atoms with Crippen LogP contribution in [-0.2, 0) is 14.6 Å². The van der Waals surface area contributed by atoms with Crippen molar-refractivity contribution < 1.29 is 17.9 Å². The van der Waals surface area contributed by atoms with Gasteiger partial charge in [0.15, 0.2) is 15.9 Å². The average molecular weight is 445 g/mol. The highest BCUT2D eigenvalue weighted by Gasteiger charge is 2.36. The van der Waals surface area contributed by atoms with Crippen molar-refractivity contribution in [2.75, 3.05) is 38.7 Å². The molecule has 2 unspecified atom stereocenters. The first-order valence-corrected chi connectivity index (χ1v) is 12.5. The Morgan fingerprint density at radius 3 is 2.26 bits per heavy atom. The van der Waals surface area contributed by atoms with E-state index in [1.54, 1.807) is 11.8 Å². The molecule has 0 aliphatic carbocycles. The molecule has 0 saturated carbocycles. The van der Waals surface area contributed by atoms with Crippen LogP contribution in [0.2, 0.25) is 0 Å². The summed E-state index contributed by atoms with van der Waals surface area (Å²) in [4.78, 5) is 17.0. The molecule has 168 valence electrons. The van der Waals surface area contributed by atoms with E-state index in [-0.39, 0.29) is 23.5 Å². The Hall–Kier alpha value is -2.38. The molecule has 31 heavy (non-hydrogen) atoms. The first-order valence-electron chi connectivity index (χ1n) is 10.7. The van der Waals surface area contributed by atoms with Gasteiger partial charge in [0.25, 0.3) is 5.91 Å². The second-order valence-corrected chi connectivity index (χ2v) is 10.6. The fourth-order valence-electron chi connectivity index (χ4n) is 3.90. The Morgan fingerprint density at radius 2 is 1.68 bits per heavy atom. The van der Waals surface area contributed by atoms with Gasteiger partial charge in [0.2, 0.25) is 0 Å². The van der Waals surface area contributed by atoms with Crippen LogP contribution in [0.1, 0.15) is 19.8 Å². The van der Waals surface area contributed by atoms with Crippen molar-refractivity contribution in [1.29, 1.82) is 0 Å². The Balaban J connectivity index is 1.67. The fraction of sp³-hybridized carbons (Fsp3) is 0.458. The van der Waals surface area contributed by atoms with Crippen LogP contribution in [0.15, 0.2) is 54.6 Å².